The molecule has 0 radical (unpaired) electrons. The fourth-order valence-electron chi connectivity index (χ4n) is 1.75. The summed E-state index contributed by atoms with van der Waals surface area (Å²) >= 11 is 7.51. The van der Waals surface area contributed by atoms with E-state index in [0.717, 1.165) is 28.8 Å². The Hall–Kier alpha value is -1.19. The van der Waals surface area contributed by atoms with Crippen LogP contribution in [0.2, 0.25) is 4.34 Å². The normalized spacial score (nSPS) is 12.2. The molecule has 1 unspecified atom stereocenters. The number of thiophene rings is 1. The first-order valence-corrected chi connectivity index (χ1v) is 7.68. The van der Waals surface area contributed by atoms with Gasteiger partial charge in [-0.05, 0) is 54.6 Å². The first kappa shape index (κ1) is 14.2. The zero-order valence-corrected chi connectivity index (χ0v) is 12.7. The van der Waals surface area contributed by atoms with Gasteiger partial charge in [0.05, 0.1) is 10.9 Å². The Morgan fingerprint density at radius 2 is 2.05 bits per heavy atom. The predicted octanol–water partition coefficient (Wildman–Crippen LogP) is 5.36. The molecule has 1 N–H and O–H groups in total. The second-order valence-corrected chi connectivity index (χ2v) is 5.97. The lowest BCUT2D eigenvalue weighted by atomic mass is 10.1. The van der Waals surface area contributed by atoms with Crippen molar-refractivity contribution in [3.63, 3.8) is 0 Å². The molecule has 1 aromatic heterocycles. The Bertz CT molecular complexity index is 509. The van der Waals surface area contributed by atoms with Gasteiger partial charge in [0.15, 0.2) is 0 Å². The highest BCUT2D eigenvalue weighted by Crippen LogP contribution is 2.27. The maximum absolute atomic E-state index is 5.95. The molecule has 0 bridgehead atoms. The van der Waals surface area contributed by atoms with E-state index in [0.29, 0.717) is 0 Å². The summed E-state index contributed by atoms with van der Waals surface area (Å²) in [7, 11) is 0. The van der Waals surface area contributed by atoms with Gasteiger partial charge < -0.3 is 10.1 Å². The van der Waals surface area contributed by atoms with Gasteiger partial charge in [0.1, 0.15) is 5.75 Å². The Balaban J connectivity index is 1.95. The smallest absolute Gasteiger partial charge is 0.119 e. The van der Waals surface area contributed by atoms with Crippen LogP contribution in [0.25, 0.3) is 0 Å². The Morgan fingerprint density at radius 3 is 2.63 bits per heavy atom. The van der Waals surface area contributed by atoms with Crippen molar-refractivity contribution < 1.29 is 4.74 Å². The SMILES string of the molecule is CCCOc1ccc(NC(C)c2csc(Cl)c2)cc1. The van der Waals surface area contributed by atoms with Gasteiger partial charge >= 0.3 is 0 Å². The van der Waals surface area contributed by atoms with E-state index in [2.05, 4.69) is 24.5 Å². The highest BCUT2D eigenvalue weighted by atomic mass is 35.5. The number of rotatable bonds is 6. The van der Waals surface area contributed by atoms with Crippen molar-refractivity contribution in [2.75, 3.05) is 11.9 Å². The van der Waals surface area contributed by atoms with E-state index in [9.17, 15) is 0 Å². The van der Waals surface area contributed by atoms with Crippen LogP contribution in [0.5, 0.6) is 5.75 Å². The molecule has 0 saturated carbocycles. The zero-order valence-electron chi connectivity index (χ0n) is 11.2. The summed E-state index contributed by atoms with van der Waals surface area (Å²) in [5, 5.41) is 5.53. The summed E-state index contributed by atoms with van der Waals surface area (Å²) in [5.41, 5.74) is 2.29. The van der Waals surface area contributed by atoms with Gasteiger partial charge in [-0.3, -0.25) is 0 Å². The van der Waals surface area contributed by atoms with Crippen LogP contribution in [-0.2, 0) is 0 Å². The standard InChI is InChI=1S/C15H18ClNOS/c1-3-8-18-14-6-4-13(5-7-14)17-11(2)12-9-15(16)19-10-12/h4-7,9-11,17H,3,8H2,1-2H3. The summed E-state index contributed by atoms with van der Waals surface area (Å²) in [6, 6.07) is 10.3. The molecule has 0 amide bonds. The minimum absolute atomic E-state index is 0.242. The lowest BCUT2D eigenvalue weighted by molar-refractivity contribution is 0.317. The van der Waals surface area contributed by atoms with Gasteiger partial charge in [-0.2, -0.15) is 0 Å². The lowest BCUT2D eigenvalue weighted by Gasteiger charge is -2.14. The average molecular weight is 296 g/mol. The Kier molecular flexibility index (Phi) is 5.11. The van der Waals surface area contributed by atoms with Crippen LogP contribution >= 0.6 is 22.9 Å². The molecular formula is C15H18ClNOS. The number of benzene rings is 1. The van der Waals surface area contributed by atoms with Crippen molar-refractivity contribution in [1.82, 2.24) is 0 Å². The molecule has 4 heteroatoms. The first-order chi connectivity index (χ1) is 9.19. The third kappa shape index (κ3) is 4.15. The fourth-order valence-corrected chi connectivity index (χ4v) is 2.74. The second kappa shape index (κ2) is 6.83. The molecule has 0 aliphatic rings. The number of hydrogen-bond acceptors (Lipinski definition) is 3. The summed E-state index contributed by atoms with van der Waals surface area (Å²) < 4.78 is 6.39. The Morgan fingerprint density at radius 1 is 1.32 bits per heavy atom. The lowest BCUT2D eigenvalue weighted by Crippen LogP contribution is -2.05. The molecule has 0 fully saturated rings. The molecule has 0 aliphatic carbocycles. The van der Waals surface area contributed by atoms with E-state index in [-0.39, 0.29) is 6.04 Å². The van der Waals surface area contributed by atoms with E-state index in [1.54, 1.807) is 11.3 Å². The molecule has 2 nitrogen and oxygen atoms in total. The van der Waals surface area contributed by atoms with Gasteiger partial charge in [-0.1, -0.05) is 18.5 Å². The molecule has 1 aromatic carbocycles. The summed E-state index contributed by atoms with van der Waals surface area (Å²) in [6.07, 6.45) is 1.02. The van der Waals surface area contributed by atoms with E-state index < -0.39 is 0 Å². The van der Waals surface area contributed by atoms with Crippen molar-refractivity contribution in [3.05, 3.63) is 45.6 Å². The third-order valence-corrected chi connectivity index (χ3v) is 3.91. The average Bonchev–Trinajstić information content (AvgIpc) is 2.85. The molecule has 2 aromatic rings. The maximum atomic E-state index is 5.95. The highest BCUT2D eigenvalue weighted by Gasteiger charge is 2.07. The molecule has 0 spiro atoms. The first-order valence-electron chi connectivity index (χ1n) is 6.42. The van der Waals surface area contributed by atoms with E-state index in [1.165, 1.54) is 5.56 Å². The summed E-state index contributed by atoms with van der Waals surface area (Å²) in [6.45, 7) is 4.99. The molecule has 0 aliphatic heterocycles. The van der Waals surface area contributed by atoms with Crippen LogP contribution in [0.4, 0.5) is 5.69 Å². The van der Waals surface area contributed by atoms with Crippen molar-refractivity contribution >= 4 is 28.6 Å². The fraction of sp³-hybridized carbons (Fsp3) is 0.333. The van der Waals surface area contributed by atoms with Gasteiger partial charge in [0.2, 0.25) is 0 Å². The van der Waals surface area contributed by atoms with Crippen molar-refractivity contribution in [2.24, 2.45) is 0 Å². The molecule has 1 atom stereocenters. The summed E-state index contributed by atoms with van der Waals surface area (Å²) in [4.78, 5) is 0. The van der Waals surface area contributed by atoms with E-state index >= 15 is 0 Å². The molecule has 19 heavy (non-hydrogen) atoms. The van der Waals surface area contributed by atoms with Crippen LogP contribution in [0.1, 0.15) is 31.9 Å². The van der Waals surface area contributed by atoms with Crippen molar-refractivity contribution in [2.45, 2.75) is 26.3 Å². The topological polar surface area (TPSA) is 21.3 Å². The molecule has 102 valence electrons. The van der Waals surface area contributed by atoms with Gasteiger partial charge in [0, 0.05) is 11.7 Å². The van der Waals surface area contributed by atoms with Crippen molar-refractivity contribution in [3.8, 4) is 5.75 Å². The number of halogens is 1. The third-order valence-electron chi connectivity index (χ3n) is 2.80. The molecular weight excluding hydrogens is 278 g/mol. The molecule has 1 heterocycles. The summed E-state index contributed by atoms with van der Waals surface area (Å²) in [5.74, 6) is 0.915. The van der Waals surface area contributed by atoms with Crippen molar-refractivity contribution in [1.29, 1.82) is 0 Å². The van der Waals surface area contributed by atoms with E-state index in [4.69, 9.17) is 16.3 Å². The van der Waals surface area contributed by atoms with Gasteiger partial charge in [-0.15, -0.1) is 11.3 Å². The van der Waals surface area contributed by atoms with Crippen LogP contribution in [-0.4, -0.2) is 6.61 Å². The second-order valence-electron chi connectivity index (χ2n) is 4.42. The number of ether oxygens (including phenoxy) is 1. The monoisotopic (exact) mass is 295 g/mol. The zero-order chi connectivity index (χ0) is 13.7. The largest absolute Gasteiger partial charge is 0.494 e. The number of hydrogen-bond donors (Lipinski definition) is 1. The van der Waals surface area contributed by atoms with Crippen LogP contribution in [0, 0.1) is 0 Å². The quantitative estimate of drug-likeness (QED) is 0.774. The minimum atomic E-state index is 0.242. The van der Waals surface area contributed by atoms with Gasteiger partial charge in [-0.25, -0.2) is 0 Å². The number of nitrogens with one attached hydrogen (secondary N) is 1. The van der Waals surface area contributed by atoms with Gasteiger partial charge in [0.25, 0.3) is 0 Å². The maximum Gasteiger partial charge on any atom is 0.119 e. The highest BCUT2D eigenvalue weighted by molar-refractivity contribution is 7.14. The minimum Gasteiger partial charge on any atom is -0.494 e. The number of anilines is 1. The van der Waals surface area contributed by atoms with Crippen LogP contribution in [0.15, 0.2) is 35.7 Å². The van der Waals surface area contributed by atoms with E-state index in [1.807, 2.05) is 30.3 Å². The molecule has 0 saturated heterocycles. The van der Waals surface area contributed by atoms with Crippen LogP contribution < -0.4 is 10.1 Å². The predicted molar refractivity (Wildman–Crippen MR) is 83.6 cm³/mol. The molecule has 2 rings (SSSR count). The van der Waals surface area contributed by atoms with Crippen LogP contribution in [0.3, 0.4) is 0 Å². The Labute approximate surface area is 123 Å².